The number of Topliss-reactive ketones (excluding diaryl/α,β-unsaturated/α-hetero) is 2. The number of esters is 1. The van der Waals surface area contributed by atoms with Crippen LogP contribution in [0.1, 0.15) is 71.8 Å². The number of carbonyl (C=O) groups excluding carboxylic acids is 5. The summed E-state index contributed by atoms with van der Waals surface area (Å²) < 4.78 is 5.13. The molecule has 0 saturated heterocycles. The predicted molar refractivity (Wildman–Crippen MR) is 142 cm³/mol. The molecule has 10 nitrogen and oxygen atoms in total. The average molecular weight is 519 g/mol. The van der Waals surface area contributed by atoms with Crippen LogP contribution in [-0.2, 0) is 19.1 Å². The van der Waals surface area contributed by atoms with E-state index >= 15 is 0 Å². The van der Waals surface area contributed by atoms with E-state index in [1.165, 1.54) is 6.92 Å². The summed E-state index contributed by atoms with van der Waals surface area (Å²) in [4.78, 5) is 60.8. The molecule has 0 bridgehead atoms. The second-order valence-corrected chi connectivity index (χ2v) is 9.46. The van der Waals surface area contributed by atoms with Crippen LogP contribution >= 0.6 is 0 Å². The first-order valence-corrected chi connectivity index (χ1v) is 12.9. The smallest absolute Gasteiger partial charge is 0.319 e. The number of amides is 4. The van der Waals surface area contributed by atoms with Crippen molar-refractivity contribution < 1.29 is 28.7 Å². The average Bonchev–Trinajstić information content (AvgIpc) is 2.85. The Hall–Kier alpha value is -3.43. The molecule has 0 aliphatic carbocycles. The first-order chi connectivity index (χ1) is 17.5. The molecule has 0 aliphatic rings. The van der Waals surface area contributed by atoms with Crippen molar-refractivity contribution in [3.63, 3.8) is 0 Å². The maximum atomic E-state index is 12.5. The molecule has 0 spiro atoms. The van der Waals surface area contributed by atoms with E-state index < -0.39 is 24.1 Å². The molecular formula is C27H42N4O6. The highest BCUT2D eigenvalue weighted by Gasteiger charge is 2.23. The molecule has 4 amide bonds. The Morgan fingerprint density at radius 1 is 0.919 bits per heavy atom. The number of benzene rings is 1. The van der Waals surface area contributed by atoms with Crippen molar-refractivity contribution >= 4 is 35.3 Å². The quantitative estimate of drug-likeness (QED) is 0.193. The third-order valence-corrected chi connectivity index (χ3v) is 5.65. The summed E-state index contributed by atoms with van der Waals surface area (Å²) in [5, 5.41) is 10.8. The lowest BCUT2D eigenvalue weighted by molar-refractivity contribution is -0.145. The molecule has 2 unspecified atom stereocenters. The standard InChI is InChI=1S/C27H42N4O6/c1-6-24(33)23(14-15-25(34)37-17-18(2)3)31-27(36)30-22(20(5)32)13-9-10-16-28-26(35)29-21-12-8-7-11-19(21)4/h7-8,11-12,18,22-23H,6,9-10,13-17H2,1-5H3,(H2,28,29,35)(H2,30,31,36). The van der Waals surface area contributed by atoms with E-state index in [0.717, 1.165) is 11.3 Å². The van der Waals surface area contributed by atoms with Crippen LogP contribution in [0.4, 0.5) is 15.3 Å². The van der Waals surface area contributed by atoms with Gasteiger partial charge in [-0.15, -0.1) is 0 Å². The Bertz CT molecular complexity index is 918. The number of carbonyl (C=O) groups is 5. The van der Waals surface area contributed by atoms with Crippen LogP contribution < -0.4 is 21.3 Å². The van der Waals surface area contributed by atoms with E-state index in [2.05, 4.69) is 21.3 Å². The van der Waals surface area contributed by atoms with E-state index in [0.29, 0.717) is 32.4 Å². The number of para-hydroxylation sites is 1. The van der Waals surface area contributed by atoms with Gasteiger partial charge in [-0.3, -0.25) is 14.4 Å². The van der Waals surface area contributed by atoms with Gasteiger partial charge in [0.25, 0.3) is 0 Å². The summed E-state index contributed by atoms with van der Waals surface area (Å²) in [6.07, 6.45) is 1.92. The zero-order chi connectivity index (χ0) is 27.8. The minimum absolute atomic E-state index is 0.00393. The fraction of sp³-hybridized carbons (Fsp3) is 0.593. The lowest BCUT2D eigenvalue weighted by atomic mass is 10.0. The highest BCUT2D eigenvalue weighted by Crippen LogP contribution is 2.12. The number of aryl methyl sites for hydroxylation is 1. The number of ether oxygens (including phenoxy) is 1. The van der Waals surface area contributed by atoms with Crippen molar-refractivity contribution in [1.29, 1.82) is 0 Å². The molecule has 1 aromatic rings. The maximum Gasteiger partial charge on any atom is 0.319 e. The number of ketones is 2. The largest absolute Gasteiger partial charge is 0.465 e. The minimum Gasteiger partial charge on any atom is -0.465 e. The molecule has 37 heavy (non-hydrogen) atoms. The van der Waals surface area contributed by atoms with Crippen LogP contribution in [0.2, 0.25) is 0 Å². The third-order valence-electron chi connectivity index (χ3n) is 5.65. The SMILES string of the molecule is CCC(=O)C(CCC(=O)OCC(C)C)NC(=O)NC(CCCCNC(=O)Nc1ccccc1C)C(C)=O. The summed E-state index contributed by atoms with van der Waals surface area (Å²) >= 11 is 0. The number of hydrogen-bond donors (Lipinski definition) is 4. The van der Waals surface area contributed by atoms with Crippen LogP contribution in [0.15, 0.2) is 24.3 Å². The molecule has 206 valence electrons. The lowest BCUT2D eigenvalue weighted by Crippen LogP contribution is -2.50. The van der Waals surface area contributed by atoms with E-state index in [4.69, 9.17) is 4.74 Å². The van der Waals surface area contributed by atoms with Crippen molar-refractivity contribution in [2.24, 2.45) is 5.92 Å². The van der Waals surface area contributed by atoms with E-state index in [1.807, 2.05) is 45.0 Å². The second kappa shape index (κ2) is 17.1. The molecule has 0 aliphatic heterocycles. The number of urea groups is 2. The molecule has 0 radical (unpaired) electrons. The zero-order valence-electron chi connectivity index (χ0n) is 22.6. The molecular weight excluding hydrogens is 476 g/mol. The first kappa shape index (κ1) is 31.6. The van der Waals surface area contributed by atoms with Crippen molar-refractivity contribution in [3.05, 3.63) is 29.8 Å². The monoisotopic (exact) mass is 518 g/mol. The zero-order valence-corrected chi connectivity index (χ0v) is 22.6. The van der Waals surface area contributed by atoms with Gasteiger partial charge in [0, 0.05) is 25.1 Å². The molecule has 0 saturated carbocycles. The van der Waals surface area contributed by atoms with Gasteiger partial charge in [-0.25, -0.2) is 9.59 Å². The van der Waals surface area contributed by atoms with Gasteiger partial charge in [0.05, 0.1) is 18.7 Å². The normalized spacial score (nSPS) is 12.3. The summed E-state index contributed by atoms with van der Waals surface area (Å²) in [6.45, 7) is 9.53. The summed E-state index contributed by atoms with van der Waals surface area (Å²) in [5.41, 5.74) is 1.69. The van der Waals surface area contributed by atoms with E-state index in [-0.39, 0.29) is 42.8 Å². The van der Waals surface area contributed by atoms with Crippen LogP contribution in [0.25, 0.3) is 0 Å². The number of hydrogen-bond acceptors (Lipinski definition) is 6. The van der Waals surface area contributed by atoms with Crippen molar-refractivity contribution in [1.82, 2.24) is 16.0 Å². The van der Waals surface area contributed by atoms with Gasteiger partial charge in [-0.05, 0) is 57.1 Å². The van der Waals surface area contributed by atoms with Crippen molar-refractivity contribution in [2.45, 2.75) is 85.2 Å². The third kappa shape index (κ3) is 13.5. The number of anilines is 1. The Morgan fingerprint density at radius 3 is 2.22 bits per heavy atom. The fourth-order valence-corrected chi connectivity index (χ4v) is 3.44. The molecule has 0 heterocycles. The Morgan fingerprint density at radius 2 is 1.59 bits per heavy atom. The van der Waals surface area contributed by atoms with Crippen molar-refractivity contribution in [3.8, 4) is 0 Å². The lowest BCUT2D eigenvalue weighted by Gasteiger charge is -2.21. The Balaban J connectivity index is 2.45. The van der Waals surface area contributed by atoms with E-state index in [1.54, 1.807) is 6.92 Å². The van der Waals surface area contributed by atoms with E-state index in [9.17, 15) is 24.0 Å². The van der Waals surface area contributed by atoms with Crippen LogP contribution in [0, 0.1) is 12.8 Å². The van der Waals surface area contributed by atoms with Crippen LogP contribution in [0.3, 0.4) is 0 Å². The Labute approximate surface area is 219 Å². The molecule has 2 atom stereocenters. The number of unbranched alkanes of at least 4 members (excludes halogenated alkanes) is 1. The predicted octanol–water partition coefficient (Wildman–Crippen LogP) is 3.87. The van der Waals surface area contributed by atoms with Gasteiger partial charge >= 0.3 is 18.0 Å². The van der Waals surface area contributed by atoms with Gasteiger partial charge in [-0.1, -0.05) is 39.0 Å². The Kier molecular flexibility index (Phi) is 14.6. The second-order valence-electron chi connectivity index (χ2n) is 9.46. The van der Waals surface area contributed by atoms with Gasteiger partial charge in [0.15, 0.2) is 11.6 Å². The minimum atomic E-state index is -0.847. The van der Waals surface area contributed by atoms with Gasteiger partial charge in [0.2, 0.25) is 0 Å². The summed E-state index contributed by atoms with van der Waals surface area (Å²) in [6, 6.07) is 4.94. The highest BCUT2D eigenvalue weighted by molar-refractivity contribution is 5.91. The summed E-state index contributed by atoms with van der Waals surface area (Å²) in [7, 11) is 0. The summed E-state index contributed by atoms with van der Waals surface area (Å²) in [5.74, 6) is -0.638. The molecule has 0 fully saturated rings. The molecule has 1 rings (SSSR count). The molecule has 4 N–H and O–H groups in total. The number of nitrogens with one attached hydrogen (secondary N) is 4. The van der Waals surface area contributed by atoms with Gasteiger partial charge < -0.3 is 26.0 Å². The number of rotatable bonds is 16. The molecule has 10 heteroatoms. The maximum absolute atomic E-state index is 12.5. The van der Waals surface area contributed by atoms with Gasteiger partial charge in [0.1, 0.15) is 0 Å². The fourth-order valence-electron chi connectivity index (χ4n) is 3.44. The van der Waals surface area contributed by atoms with Crippen LogP contribution in [-0.4, -0.2) is 54.8 Å². The first-order valence-electron chi connectivity index (χ1n) is 12.9. The topological polar surface area (TPSA) is 143 Å². The van der Waals surface area contributed by atoms with Crippen molar-refractivity contribution in [2.75, 3.05) is 18.5 Å². The van der Waals surface area contributed by atoms with Crippen LogP contribution in [0.5, 0.6) is 0 Å². The molecule has 0 aromatic heterocycles. The highest BCUT2D eigenvalue weighted by atomic mass is 16.5. The van der Waals surface area contributed by atoms with Gasteiger partial charge in [-0.2, -0.15) is 0 Å². The molecule has 1 aromatic carbocycles.